The summed E-state index contributed by atoms with van der Waals surface area (Å²) in [4.78, 5) is 12.9. The Bertz CT molecular complexity index is 1290. The Balaban J connectivity index is 1.48. The minimum absolute atomic E-state index is 0.120. The van der Waals surface area contributed by atoms with Gasteiger partial charge in [0.25, 0.3) is 0 Å². The van der Waals surface area contributed by atoms with E-state index in [0.29, 0.717) is 47.7 Å². The van der Waals surface area contributed by atoms with E-state index in [9.17, 15) is 13.2 Å². The van der Waals surface area contributed by atoms with Crippen LogP contribution in [0.2, 0.25) is 0 Å². The molecule has 2 aromatic heterocycles. The summed E-state index contributed by atoms with van der Waals surface area (Å²) in [7, 11) is 1.63. The van der Waals surface area contributed by atoms with Gasteiger partial charge in [-0.2, -0.15) is 23.1 Å². The normalized spacial score (nSPS) is 11.4. The number of ether oxygens (including phenoxy) is 2. The fourth-order valence-electron chi connectivity index (χ4n) is 3.21. The smallest absolute Gasteiger partial charge is 0.416 e. The highest BCUT2D eigenvalue weighted by atomic mass is 19.4. The highest BCUT2D eigenvalue weighted by Crippen LogP contribution is 2.31. The minimum Gasteiger partial charge on any atom is -0.439 e. The Hall–Kier alpha value is -4.19. The average molecular weight is 485 g/mol. The first-order valence-corrected chi connectivity index (χ1v) is 10.6. The second-order valence-corrected chi connectivity index (χ2v) is 7.48. The summed E-state index contributed by atoms with van der Waals surface area (Å²) >= 11 is 0. The molecule has 4 N–H and O–H groups in total. The first kappa shape index (κ1) is 24.0. The summed E-state index contributed by atoms with van der Waals surface area (Å²) in [5.74, 6) is 2.13. The highest BCUT2D eigenvalue weighted by molar-refractivity contribution is 5.61. The van der Waals surface area contributed by atoms with E-state index in [1.54, 1.807) is 31.4 Å². The predicted molar refractivity (Wildman–Crippen MR) is 123 cm³/mol. The number of benzene rings is 2. The molecule has 4 aromatic rings. The molecule has 2 heterocycles. The number of methoxy groups -OCH3 is 1. The molecule has 0 radical (unpaired) electrons. The summed E-state index contributed by atoms with van der Waals surface area (Å²) in [6.07, 6.45) is -3.10. The van der Waals surface area contributed by atoms with Gasteiger partial charge in [-0.25, -0.2) is 4.98 Å². The summed E-state index contributed by atoms with van der Waals surface area (Å²) in [5, 5.41) is 9.57. The lowest BCUT2D eigenvalue weighted by atomic mass is 10.2. The van der Waals surface area contributed by atoms with Crippen molar-refractivity contribution in [3.05, 3.63) is 66.0 Å². The van der Waals surface area contributed by atoms with Crippen LogP contribution in [0.25, 0.3) is 11.4 Å². The van der Waals surface area contributed by atoms with Crippen LogP contribution in [0.3, 0.4) is 0 Å². The van der Waals surface area contributed by atoms with Gasteiger partial charge in [0.2, 0.25) is 11.8 Å². The van der Waals surface area contributed by atoms with Gasteiger partial charge in [-0.1, -0.05) is 18.2 Å². The molecule has 4 rings (SSSR count). The number of nitrogens with two attached hydrogens (primary N) is 1. The van der Waals surface area contributed by atoms with Crippen LogP contribution in [-0.4, -0.2) is 38.9 Å². The van der Waals surface area contributed by atoms with Gasteiger partial charge < -0.3 is 20.5 Å². The number of aryl methyl sites for hydroxylation is 1. The van der Waals surface area contributed by atoms with Crippen LogP contribution in [0.1, 0.15) is 17.8 Å². The highest BCUT2D eigenvalue weighted by Gasteiger charge is 2.30. The van der Waals surface area contributed by atoms with E-state index < -0.39 is 11.7 Å². The van der Waals surface area contributed by atoms with Crippen molar-refractivity contribution in [3.63, 3.8) is 0 Å². The fraction of sp³-hybridized carbons (Fsp3) is 0.217. The Morgan fingerprint density at radius 2 is 1.86 bits per heavy atom. The number of hydrogen-bond acceptors (Lipinski definition) is 8. The molecule has 0 amide bonds. The number of hydrogen-bond donors (Lipinski definition) is 3. The standard InChI is InChI=1S/C23H22F3N7O2/c1-34-10-4-9-19-29-18(27)13-20(30-19)35-17-8-2-5-14(11-17)21-31-22(33-32-21)28-16-7-3-6-15(12-16)23(24,25)26/h2-3,5-8,11-13H,4,9-10H2,1H3,(H2,27,29,30)(H2,28,31,32,33). The molecule has 0 unspecified atom stereocenters. The van der Waals surface area contributed by atoms with Crippen molar-refractivity contribution in [2.75, 3.05) is 24.8 Å². The van der Waals surface area contributed by atoms with Crippen LogP contribution in [0.5, 0.6) is 11.6 Å². The SMILES string of the molecule is COCCCc1nc(N)cc(Oc2cccc(-c3nc(Nc4cccc(C(F)(F)F)c4)n[nH]3)c2)n1. The van der Waals surface area contributed by atoms with Crippen molar-refractivity contribution in [1.82, 2.24) is 25.1 Å². The number of rotatable bonds is 9. The molecule has 35 heavy (non-hydrogen) atoms. The molecule has 0 aliphatic rings. The van der Waals surface area contributed by atoms with Crippen molar-refractivity contribution >= 4 is 17.5 Å². The summed E-state index contributed by atoms with van der Waals surface area (Å²) in [6.45, 7) is 0.582. The zero-order valence-electron chi connectivity index (χ0n) is 18.6. The number of halogens is 3. The molecular formula is C23H22F3N7O2. The lowest BCUT2D eigenvalue weighted by molar-refractivity contribution is -0.137. The van der Waals surface area contributed by atoms with Gasteiger partial charge in [0.05, 0.1) is 5.56 Å². The van der Waals surface area contributed by atoms with E-state index in [4.69, 9.17) is 15.2 Å². The average Bonchev–Trinajstić information content (AvgIpc) is 3.27. The minimum atomic E-state index is -4.44. The number of anilines is 3. The van der Waals surface area contributed by atoms with E-state index in [0.717, 1.165) is 18.6 Å². The first-order chi connectivity index (χ1) is 16.8. The zero-order chi connectivity index (χ0) is 24.8. The summed E-state index contributed by atoms with van der Waals surface area (Å²) < 4.78 is 49.7. The maximum absolute atomic E-state index is 12.9. The van der Waals surface area contributed by atoms with Crippen LogP contribution in [0.4, 0.5) is 30.6 Å². The van der Waals surface area contributed by atoms with Gasteiger partial charge in [-0.05, 0) is 36.8 Å². The third-order valence-electron chi connectivity index (χ3n) is 4.78. The van der Waals surface area contributed by atoms with Gasteiger partial charge in [0, 0.05) is 37.5 Å². The van der Waals surface area contributed by atoms with E-state index >= 15 is 0 Å². The predicted octanol–water partition coefficient (Wildman–Crippen LogP) is 4.98. The second-order valence-electron chi connectivity index (χ2n) is 7.48. The molecule has 0 saturated heterocycles. The monoisotopic (exact) mass is 485 g/mol. The first-order valence-electron chi connectivity index (χ1n) is 10.6. The van der Waals surface area contributed by atoms with Crippen molar-refractivity contribution in [1.29, 1.82) is 0 Å². The Morgan fingerprint density at radius 1 is 1.03 bits per heavy atom. The number of nitrogen functional groups attached to an aromatic ring is 1. The number of nitrogens with zero attached hydrogens (tertiary/aromatic N) is 4. The molecule has 0 spiro atoms. The number of nitrogens with one attached hydrogen (secondary N) is 2. The third-order valence-corrected chi connectivity index (χ3v) is 4.78. The van der Waals surface area contributed by atoms with E-state index in [1.807, 2.05) is 0 Å². The van der Waals surface area contributed by atoms with Gasteiger partial charge in [-0.15, -0.1) is 5.10 Å². The molecule has 182 valence electrons. The summed E-state index contributed by atoms with van der Waals surface area (Å²) in [5.41, 5.74) is 5.97. The molecule has 0 bridgehead atoms. The van der Waals surface area contributed by atoms with E-state index in [1.165, 1.54) is 18.2 Å². The fourth-order valence-corrected chi connectivity index (χ4v) is 3.21. The molecule has 9 nitrogen and oxygen atoms in total. The van der Waals surface area contributed by atoms with Crippen molar-refractivity contribution in [2.45, 2.75) is 19.0 Å². The molecular weight excluding hydrogens is 463 g/mol. The quantitative estimate of drug-likeness (QED) is 0.284. The second kappa shape index (κ2) is 10.4. The molecule has 0 atom stereocenters. The van der Waals surface area contributed by atoms with Gasteiger partial charge in [-0.3, -0.25) is 5.10 Å². The topological polar surface area (TPSA) is 124 Å². The van der Waals surface area contributed by atoms with Crippen LogP contribution in [-0.2, 0) is 17.3 Å². The maximum Gasteiger partial charge on any atom is 0.416 e. The molecule has 2 aromatic carbocycles. The van der Waals surface area contributed by atoms with Gasteiger partial charge >= 0.3 is 6.18 Å². The van der Waals surface area contributed by atoms with Crippen LogP contribution < -0.4 is 15.8 Å². The van der Waals surface area contributed by atoms with Crippen molar-refractivity contribution in [2.24, 2.45) is 0 Å². The Kier molecular flexibility index (Phi) is 7.11. The largest absolute Gasteiger partial charge is 0.439 e. The van der Waals surface area contributed by atoms with Crippen molar-refractivity contribution in [3.8, 4) is 23.0 Å². The van der Waals surface area contributed by atoms with Gasteiger partial charge in [0.1, 0.15) is 17.4 Å². The zero-order valence-corrected chi connectivity index (χ0v) is 18.6. The summed E-state index contributed by atoms with van der Waals surface area (Å²) in [6, 6.07) is 13.3. The molecule has 0 aliphatic carbocycles. The molecule has 0 aliphatic heterocycles. The van der Waals surface area contributed by atoms with Crippen LogP contribution >= 0.6 is 0 Å². The van der Waals surface area contributed by atoms with E-state index in [-0.39, 0.29) is 11.6 Å². The van der Waals surface area contributed by atoms with Crippen molar-refractivity contribution < 1.29 is 22.6 Å². The van der Waals surface area contributed by atoms with E-state index in [2.05, 4.69) is 30.5 Å². The van der Waals surface area contributed by atoms with Crippen LogP contribution in [0, 0.1) is 0 Å². The molecule has 12 heteroatoms. The lowest BCUT2D eigenvalue weighted by Crippen LogP contribution is -2.05. The number of aromatic nitrogens is 5. The van der Waals surface area contributed by atoms with Crippen LogP contribution in [0.15, 0.2) is 54.6 Å². The van der Waals surface area contributed by atoms with Gasteiger partial charge in [0.15, 0.2) is 5.82 Å². The number of aromatic amines is 1. The third kappa shape index (κ3) is 6.44. The lowest BCUT2D eigenvalue weighted by Gasteiger charge is -2.09. The molecule has 0 saturated carbocycles. The number of H-pyrrole nitrogens is 1. The molecule has 0 fully saturated rings. The Morgan fingerprint density at radius 3 is 2.66 bits per heavy atom. The number of alkyl halides is 3. The maximum atomic E-state index is 12.9. The Labute approximate surface area is 198 Å².